The third-order valence-electron chi connectivity index (χ3n) is 5.38. The van der Waals surface area contributed by atoms with Gasteiger partial charge in [0, 0.05) is 30.3 Å². The molecular weight excluding hydrogens is 325 g/mol. The highest BCUT2D eigenvalue weighted by atomic mass is 19.1. The second-order valence-corrected chi connectivity index (χ2v) is 7.18. The van der Waals surface area contributed by atoms with Gasteiger partial charge in [0.05, 0.1) is 17.7 Å². The zero-order chi connectivity index (χ0) is 18.1. The zero-order valence-corrected chi connectivity index (χ0v) is 15.3. The van der Waals surface area contributed by atoms with Gasteiger partial charge in [-0.25, -0.2) is 9.37 Å². The molecule has 1 saturated heterocycles. The molecule has 4 rings (SSSR count). The first-order valence-corrected chi connectivity index (χ1v) is 9.24. The van der Waals surface area contributed by atoms with Crippen molar-refractivity contribution in [3.63, 3.8) is 0 Å². The normalized spacial score (nSPS) is 15.4. The Kier molecular flexibility index (Phi) is 4.49. The Bertz CT molecular complexity index is 907. The van der Waals surface area contributed by atoms with Crippen LogP contribution in [0.5, 0.6) is 0 Å². The van der Waals surface area contributed by atoms with Crippen molar-refractivity contribution in [1.29, 1.82) is 0 Å². The van der Waals surface area contributed by atoms with Crippen molar-refractivity contribution in [3.05, 3.63) is 71.6 Å². The van der Waals surface area contributed by atoms with Crippen molar-refractivity contribution in [2.45, 2.75) is 32.6 Å². The summed E-state index contributed by atoms with van der Waals surface area (Å²) in [7, 11) is 0. The molecule has 0 unspecified atom stereocenters. The van der Waals surface area contributed by atoms with E-state index in [4.69, 9.17) is 0 Å². The number of aromatic nitrogens is 2. The van der Waals surface area contributed by atoms with Gasteiger partial charge in [-0.2, -0.15) is 0 Å². The molecule has 0 saturated carbocycles. The van der Waals surface area contributed by atoms with Crippen molar-refractivity contribution >= 4 is 5.69 Å². The van der Waals surface area contributed by atoms with E-state index in [2.05, 4.69) is 46.9 Å². The number of rotatable bonds is 3. The van der Waals surface area contributed by atoms with Crippen LogP contribution in [-0.2, 0) is 0 Å². The maximum Gasteiger partial charge on any atom is 0.147 e. The molecule has 0 amide bonds. The molecule has 0 atom stereocenters. The van der Waals surface area contributed by atoms with Gasteiger partial charge in [-0.3, -0.25) is 0 Å². The quantitative estimate of drug-likeness (QED) is 0.703. The Hall–Kier alpha value is -2.62. The number of hydrogen-bond acceptors (Lipinski definition) is 2. The number of nitrogens with one attached hydrogen (secondary N) is 1. The lowest BCUT2D eigenvalue weighted by Gasteiger charge is -2.34. The first kappa shape index (κ1) is 16.8. The van der Waals surface area contributed by atoms with Crippen LogP contribution >= 0.6 is 0 Å². The van der Waals surface area contributed by atoms with Crippen molar-refractivity contribution in [2.24, 2.45) is 0 Å². The summed E-state index contributed by atoms with van der Waals surface area (Å²) in [5, 5.41) is 0. The van der Waals surface area contributed by atoms with Crippen molar-refractivity contribution < 1.29 is 4.39 Å². The Morgan fingerprint density at radius 3 is 2.54 bits per heavy atom. The minimum Gasteiger partial charge on any atom is -0.369 e. The summed E-state index contributed by atoms with van der Waals surface area (Å²) >= 11 is 0. The van der Waals surface area contributed by atoms with E-state index >= 15 is 0 Å². The summed E-state index contributed by atoms with van der Waals surface area (Å²) in [5.41, 5.74) is 6.28. The highest BCUT2D eigenvalue weighted by Crippen LogP contribution is 2.37. The highest BCUT2D eigenvalue weighted by molar-refractivity contribution is 5.79. The van der Waals surface area contributed by atoms with Gasteiger partial charge in [0.15, 0.2) is 0 Å². The molecule has 2 aromatic carbocycles. The largest absolute Gasteiger partial charge is 0.369 e. The van der Waals surface area contributed by atoms with Gasteiger partial charge in [-0.15, -0.1) is 0 Å². The molecule has 1 N–H and O–H groups in total. The molecule has 1 fully saturated rings. The van der Waals surface area contributed by atoms with Crippen molar-refractivity contribution in [3.8, 4) is 11.1 Å². The Morgan fingerprint density at radius 1 is 1.08 bits per heavy atom. The summed E-state index contributed by atoms with van der Waals surface area (Å²) in [4.78, 5) is 9.85. The first-order valence-electron chi connectivity index (χ1n) is 9.24. The Labute approximate surface area is 153 Å². The van der Waals surface area contributed by atoms with Gasteiger partial charge in [0.2, 0.25) is 0 Å². The molecular formula is C22H24FN3. The fraction of sp³-hybridized carbons (Fsp3) is 0.318. The number of piperidine rings is 1. The lowest BCUT2D eigenvalue weighted by Crippen LogP contribution is -2.34. The molecule has 26 heavy (non-hydrogen) atoms. The molecule has 1 aliphatic rings. The molecule has 134 valence electrons. The third kappa shape index (κ3) is 3.12. The monoisotopic (exact) mass is 349 g/mol. The number of anilines is 1. The fourth-order valence-electron chi connectivity index (χ4n) is 4.04. The summed E-state index contributed by atoms with van der Waals surface area (Å²) in [6, 6.07) is 13.7. The van der Waals surface area contributed by atoms with Crippen LogP contribution in [0.3, 0.4) is 0 Å². The van der Waals surface area contributed by atoms with E-state index in [1.165, 1.54) is 5.56 Å². The lowest BCUT2D eigenvalue weighted by molar-refractivity contribution is 0.489. The molecule has 2 heterocycles. The standard InChI is InChI=1S/C22H24FN3/c1-15-5-3-6-18(13-15)19-7-4-8-20(23)22(19)26-11-9-17(10-12-26)21-16(2)24-14-25-21/h3-8,13-14,17H,9-12H2,1-2H3,(H,24,25). The van der Waals surface area contributed by atoms with Crippen LogP contribution in [0.4, 0.5) is 10.1 Å². The third-order valence-corrected chi connectivity index (χ3v) is 5.38. The van der Waals surface area contributed by atoms with Crippen molar-refractivity contribution in [1.82, 2.24) is 9.97 Å². The number of hydrogen-bond donors (Lipinski definition) is 1. The minimum atomic E-state index is -0.140. The highest BCUT2D eigenvalue weighted by Gasteiger charge is 2.26. The molecule has 0 aliphatic carbocycles. The van der Waals surface area contributed by atoms with E-state index in [1.807, 2.05) is 12.1 Å². The van der Waals surface area contributed by atoms with Crippen LogP contribution in [0, 0.1) is 19.7 Å². The van der Waals surface area contributed by atoms with E-state index in [0.717, 1.165) is 54.1 Å². The van der Waals surface area contributed by atoms with E-state index in [9.17, 15) is 4.39 Å². The molecule has 0 bridgehead atoms. The molecule has 4 heteroatoms. The van der Waals surface area contributed by atoms with E-state index in [1.54, 1.807) is 18.5 Å². The first-order chi connectivity index (χ1) is 12.6. The summed E-state index contributed by atoms with van der Waals surface area (Å²) in [6.07, 6.45) is 3.75. The predicted octanol–water partition coefficient (Wildman–Crippen LogP) is 5.22. The van der Waals surface area contributed by atoms with Crippen LogP contribution in [0.15, 0.2) is 48.8 Å². The average Bonchev–Trinajstić information content (AvgIpc) is 3.08. The van der Waals surface area contributed by atoms with Crippen LogP contribution < -0.4 is 4.90 Å². The lowest BCUT2D eigenvalue weighted by atomic mass is 9.91. The minimum absolute atomic E-state index is 0.140. The van der Waals surface area contributed by atoms with Crippen LogP contribution in [-0.4, -0.2) is 23.1 Å². The van der Waals surface area contributed by atoms with E-state index in [-0.39, 0.29) is 5.82 Å². The van der Waals surface area contributed by atoms with Crippen LogP contribution in [0.25, 0.3) is 11.1 Å². The maximum absolute atomic E-state index is 14.8. The molecule has 1 aliphatic heterocycles. The number of para-hydroxylation sites is 1. The number of H-pyrrole nitrogens is 1. The Morgan fingerprint density at radius 2 is 1.85 bits per heavy atom. The predicted molar refractivity (Wildman–Crippen MR) is 104 cm³/mol. The zero-order valence-electron chi connectivity index (χ0n) is 15.3. The Balaban J connectivity index is 1.62. The van der Waals surface area contributed by atoms with Gasteiger partial charge in [0.25, 0.3) is 0 Å². The molecule has 0 radical (unpaired) electrons. The number of nitrogens with zero attached hydrogens (tertiary/aromatic N) is 2. The topological polar surface area (TPSA) is 31.9 Å². The molecule has 3 nitrogen and oxygen atoms in total. The van der Waals surface area contributed by atoms with Crippen LogP contribution in [0.1, 0.15) is 35.7 Å². The van der Waals surface area contributed by atoms with E-state index in [0.29, 0.717) is 5.92 Å². The average molecular weight is 349 g/mol. The second kappa shape index (κ2) is 6.94. The smallest absolute Gasteiger partial charge is 0.147 e. The van der Waals surface area contributed by atoms with Gasteiger partial charge in [-0.05, 0) is 38.3 Å². The number of aryl methyl sites for hydroxylation is 2. The van der Waals surface area contributed by atoms with Gasteiger partial charge in [0.1, 0.15) is 5.82 Å². The van der Waals surface area contributed by atoms with Gasteiger partial charge >= 0.3 is 0 Å². The summed E-state index contributed by atoms with van der Waals surface area (Å²) in [5.74, 6) is 0.310. The SMILES string of the molecule is Cc1cccc(-c2cccc(F)c2N2CCC(c3nc[nH]c3C)CC2)c1. The number of aromatic amines is 1. The van der Waals surface area contributed by atoms with Gasteiger partial charge < -0.3 is 9.88 Å². The van der Waals surface area contributed by atoms with Crippen LogP contribution in [0.2, 0.25) is 0 Å². The molecule has 1 aromatic heterocycles. The number of benzene rings is 2. The maximum atomic E-state index is 14.8. The number of imidazole rings is 1. The summed E-state index contributed by atoms with van der Waals surface area (Å²) < 4.78 is 14.8. The fourth-order valence-corrected chi connectivity index (χ4v) is 4.04. The molecule has 3 aromatic rings. The second-order valence-electron chi connectivity index (χ2n) is 7.18. The molecule has 0 spiro atoms. The van der Waals surface area contributed by atoms with Crippen molar-refractivity contribution in [2.75, 3.05) is 18.0 Å². The summed E-state index contributed by atoms with van der Waals surface area (Å²) in [6.45, 7) is 5.83. The van der Waals surface area contributed by atoms with Gasteiger partial charge in [-0.1, -0.05) is 42.0 Å². The van der Waals surface area contributed by atoms with E-state index < -0.39 is 0 Å². The number of halogens is 1.